The van der Waals surface area contributed by atoms with Crippen LogP contribution in [0.5, 0.6) is 0 Å². The summed E-state index contributed by atoms with van der Waals surface area (Å²) in [6, 6.07) is 7.15. The van der Waals surface area contributed by atoms with Crippen molar-refractivity contribution in [3.05, 3.63) is 68.2 Å². The van der Waals surface area contributed by atoms with E-state index in [0.717, 1.165) is 23.0 Å². The average molecular weight is 384 g/mol. The van der Waals surface area contributed by atoms with Gasteiger partial charge < -0.3 is 5.32 Å². The van der Waals surface area contributed by atoms with Crippen LogP contribution in [0.3, 0.4) is 0 Å². The molecule has 0 bridgehead atoms. The lowest BCUT2D eigenvalue weighted by Crippen LogP contribution is -2.45. The highest BCUT2D eigenvalue weighted by Crippen LogP contribution is 2.33. The summed E-state index contributed by atoms with van der Waals surface area (Å²) in [5.41, 5.74) is -0.816. The molecule has 0 spiro atoms. The van der Waals surface area contributed by atoms with Crippen molar-refractivity contribution >= 4 is 5.91 Å². The molecule has 3 rings (SSSR count). The van der Waals surface area contributed by atoms with Crippen molar-refractivity contribution in [2.75, 3.05) is 0 Å². The van der Waals surface area contributed by atoms with Gasteiger partial charge in [0.15, 0.2) is 0 Å². The fraction of sp³-hybridized carbons (Fsp3) is 0.400. The maximum absolute atomic E-state index is 13.2. The Morgan fingerprint density at radius 1 is 1.29 bits per heavy atom. The molecule has 1 aromatic carbocycles. The van der Waals surface area contributed by atoms with E-state index in [1.54, 1.807) is 18.2 Å². The van der Waals surface area contributed by atoms with Crippen LogP contribution in [-0.4, -0.2) is 15.0 Å². The van der Waals surface area contributed by atoms with Gasteiger partial charge in [-0.2, -0.15) is 5.26 Å². The molecule has 2 aromatic rings. The Morgan fingerprint density at radius 2 is 1.93 bits per heavy atom. The molecule has 0 aliphatic heterocycles. The minimum Gasteiger partial charge on any atom is -0.347 e. The average Bonchev–Trinajstić information content (AvgIpc) is 3.49. The third-order valence-electron chi connectivity index (χ3n) is 4.77. The molecule has 1 heterocycles. The van der Waals surface area contributed by atoms with Crippen LogP contribution in [0.2, 0.25) is 0 Å². The summed E-state index contributed by atoms with van der Waals surface area (Å²) in [4.78, 5) is 37.6. The van der Waals surface area contributed by atoms with Crippen LogP contribution >= 0.6 is 0 Å². The van der Waals surface area contributed by atoms with Gasteiger partial charge in [-0.15, -0.1) is 0 Å². The molecular weight excluding hydrogens is 363 g/mol. The zero-order valence-corrected chi connectivity index (χ0v) is 15.7. The Hall–Kier alpha value is -3.21. The molecule has 8 heteroatoms. The molecule has 1 saturated carbocycles. The summed E-state index contributed by atoms with van der Waals surface area (Å²) in [5.74, 6) is -0.905. The first kappa shape index (κ1) is 19.5. The first-order valence-electron chi connectivity index (χ1n) is 9.12. The number of benzene rings is 1. The highest BCUT2D eigenvalue weighted by atomic mass is 19.1. The van der Waals surface area contributed by atoms with Gasteiger partial charge >= 0.3 is 5.69 Å². The second kappa shape index (κ2) is 7.80. The number of hydrogen-bond acceptors (Lipinski definition) is 4. The van der Waals surface area contributed by atoms with E-state index in [0.29, 0.717) is 0 Å². The Morgan fingerprint density at radius 3 is 2.46 bits per heavy atom. The third-order valence-corrected chi connectivity index (χ3v) is 4.77. The second-order valence-electron chi connectivity index (χ2n) is 7.31. The zero-order chi connectivity index (χ0) is 20.4. The van der Waals surface area contributed by atoms with Crippen molar-refractivity contribution in [1.82, 2.24) is 14.5 Å². The van der Waals surface area contributed by atoms with Gasteiger partial charge in [0.05, 0.1) is 6.04 Å². The highest BCUT2D eigenvalue weighted by Gasteiger charge is 2.27. The molecule has 146 valence electrons. The van der Waals surface area contributed by atoms with Crippen molar-refractivity contribution in [3.63, 3.8) is 0 Å². The fourth-order valence-corrected chi connectivity index (χ4v) is 3.12. The predicted octanol–water partition coefficient (Wildman–Crippen LogP) is 1.87. The molecule has 1 atom stereocenters. The van der Waals surface area contributed by atoms with Gasteiger partial charge in [-0.05, 0) is 36.5 Å². The summed E-state index contributed by atoms with van der Waals surface area (Å²) in [5, 5.41) is 12.0. The normalized spacial score (nSPS) is 14.5. The number of carbonyl (C=O) groups is 1. The minimum atomic E-state index is -0.776. The van der Waals surface area contributed by atoms with Gasteiger partial charge in [-0.3, -0.25) is 14.2 Å². The van der Waals surface area contributed by atoms with E-state index in [1.165, 1.54) is 22.9 Å². The highest BCUT2D eigenvalue weighted by molar-refractivity contribution is 5.76. The lowest BCUT2D eigenvalue weighted by Gasteiger charge is -2.23. The molecule has 1 amide bonds. The lowest BCUT2D eigenvalue weighted by atomic mass is 9.96. The molecular formula is C20H21FN4O3. The fourth-order valence-electron chi connectivity index (χ4n) is 3.12. The SMILES string of the molecule is CC(C)C(NC(=O)Cn1c(=O)c(C#N)cn(C2CC2)c1=O)c1ccc(F)cc1. The molecule has 1 aliphatic carbocycles. The first-order valence-corrected chi connectivity index (χ1v) is 9.12. The van der Waals surface area contributed by atoms with E-state index >= 15 is 0 Å². The molecule has 1 fully saturated rings. The zero-order valence-electron chi connectivity index (χ0n) is 15.7. The monoisotopic (exact) mass is 384 g/mol. The summed E-state index contributed by atoms with van der Waals surface area (Å²) in [7, 11) is 0. The molecule has 1 aliphatic rings. The van der Waals surface area contributed by atoms with Crippen LogP contribution < -0.4 is 16.6 Å². The minimum absolute atomic E-state index is 0.000280. The van der Waals surface area contributed by atoms with E-state index in [1.807, 2.05) is 13.8 Å². The number of rotatable bonds is 6. The number of carbonyl (C=O) groups excluding carboxylic acids is 1. The number of nitriles is 1. The van der Waals surface area contributed by atoms with Gasteiger partial charge in [0.2, 0.25) is 5.91 Å². The standard InChI is InChI=1S/C20H21FN4O3/c1-12(2)18(13-3-5-15(21)6-4-13)23-17(26)11-25-19(27)14(9-22)10-24(20(25)28)16-7-8-16/h3-6,10,12,16,18H,7-8,11H2,1-2H3,(H,23,26). The van der Waals surface area contributed by atoms with Crippen LogP contribution in [0.4, 0.5) is 4.39 Å². The van der Waals surface area contributed by atoms with Gasteiger partial charge in [0, 0.05) is 12.2 Å². The summed E-state index contributed by atoms with van der Waals surface area (Å²) in [6.45, 7) is 3.32. The molecule has 1 unspecified atom stereocenters. The van der Waals surface area contributed by atoms with Crippen molar-refractivity contribution in [2.24, 2.45) is 5.92 Å². The quantitative estimate of drug-likeness (QED) is 0.822. The first-order chi connectivity index (χ1) is 13.3. The van der Waals surface area contributed by atoms with Gasteiger partial charge in [0.1, 0.15) is 24.0 Å². The number of nitrogens with one attached hydrogen (secondary N) is 1. The third kappa shape index (κ3) is 4.03. The van der Waals surface area contributed by atoms with E-state index in [-0.39, 0.29) is 23.3 Å². The van der Waals surface area contributed by atoms with Crippen molar-refractivity contribution in [3.8, 4) is 6.07 Å². The van der Waals surface area contributed by atoms with E-state index < -0.39 is 29.7 Å². The smallest absolute Gasteiger partial charge is 0.331 e. The van der Waals surface area contributed by atoms with Crippen LogP contribution in [-0.2, 0) is 11.3 Å². The Kier molecular flexibility index (Phi) is 5.45. The molecule has 0 radical (unpaired) electrons. The molecule has 1 aromatic heterocycles. The topological polar surface area (TPSA) is 96.9 Å². The summed E-state index contributed by atoms with van der Waals surface area (Å²) < 4.78 is 15.3. The number of hydrogen-bond donors (Lipinski definition) is 1. The number of amides is 1. The Bertz CT molecular complexity index is 1040. The van der Waals surface area contributed by atoms with Gasteiger partial charge in [0.25, 0.3) is 5.56 Å². The predicted molar refractivity (Wildman–Crippen MR) is 100 cm³/mol. The van der Waals surface area contributed by atoms with Crippen molar-refractivity contribution in [2.45, 2.75) is 45.3 Å². The van der Waals surface area contributed by atoms with E-state index in [2.05, 4.69) is 5.32 Å². The molecule has 0 saturated heterocycles. The Balaban J connectivity index is 1.87. The van der Waals surface area contributed by atoms with Crippen LogP contribution in [0.25, 0.3) is 0 Å². The molecule has 7 nitrogen and oxygen atoms in total. The van der Waals surface area contributed by atoms with Crippen molar-refractivity contribution < 1.29 is 9.18 Å². The molecule has 28 heavy (non-hydrogen) atoms. The van der Waals surface area contributed by atoms with Crippen molar-refractivity contribution in [1.29, 1.82) is 5.26 Å². The van der Waals surface area contributed by atoms with E-state index in [9.17, 15) is 24.0 Å². The van der Waals surface area contributed by atoms with E-state index in [4.69, 9.17) is 0 Å². The largest absolute Gasteiger partial charge is 0.347 e. The van der Waals surface area contributed by atoms with Gasteiger partial charge in [-0.1, -0.05) is 26.0 Å². The maximum atomic E-state index is 13.2. The lowest BCUT2D eigenvalue weighted by molar-refractivity contribution is -0.122. The van der Waals surface area contributed by atoms with Gasteiger partial charge in [-0.25, -0.2) is 13.8 Å². The number of aromatic nitrogens is 2. The maximum Gasteiger partial charge on any atom is 0.331 e. The van der Waals surface area contributed by atoms with Crippen LogP contribution in [0.15, 0.2) is 40.1 Å². The second-order valence-corrected chi connectivity index (χ2v) is 7.31. The summed E-state index contributed by atoms with van der Waals surface area (Å²) in [6.07, 6.45) is 2.87. The Labute approximate surface area is 161 Å². The summed E-state index contributed by atoms with van der Waals surface area (Å²) >= 11 is 0. The molecule has 1 N–H and O–H groups in total. The number of halogens is 1. The number of nitrogens with zero attached hydrogens (tertiary/aromatic N) is 3. The van der Waals surface area contributed by atoms with Crippen LogP contribution in [0, 0.1) is 23.1 Å². The van der Waals surface area contributed by atoms with Crippen LogP contribution in [0.1, 0.15) is 49.9 Å².